The number of benzene rings is 1. The van der Waals surface area contributed by atoms with E-state index >= 15 is 0 Å². The van der Waals surface area contributed by atoms with E-state index in [0.717, 1.165) is 16.6 Å². The molecule has 22 heavy (non-hydrogen) atoms. The monoisotopic (exact) mass is 347 g/mol. The van der Waals surface area contributed by atoms with Crippen LogP contribution in [-0.4, -0.2) is 30.6 Å². The summed E-state index contributed by atoms with van der Waals surface area (Å²) in [6, 6.07) is 1.78. The molecule has 1 aromatic carbocycles. The van der Waals surface area contributed by atoms with Crippen molar-refractivity contribution in [3.8, 4) is 0 Å². The number of carbonyl (C=O) groups is 2. The van der Waals surface area contributed by atoms with E-state index in [4.69, 9.17) is 12.2 Å². The number of urea groups is 1. The predicted molar refractivity (Wildman–Crippen MR) is 78.4 cm³/mol. The Bertz CT molecular complexity index is 809. The second-order valence-electron chi connectivity index (χ2n) is 4.08. The quantitative estimate of drug-likeness (QED) is 0.304. The molecule has 2 heterocycles. The molecule has 0 saturated carbocycles. The first-order chi connectivity index (χ1) is 9.99. The zero-order chi connectivity index (χ0) is 15.1. The molecule has 0 unspecified atom stereocenters. The molecule has 108 valence electrons. The normalized spacial score (nSPS) is 14.7. The van der Waals surface area contributed by atoms with E-state index < -0.39 is 16.9 Å². The Kier molecular flexibility index (Phi) is 4.82. The summed E-state index contributed by atoms with van der Waals surface area (Å²) in [5.74, 6) is -0.521. The van der Waals surface area contributed by atoms with Crippen molar-refractivity contribution in [3.63, 3.8) is 0 Å². The molecule has 0 aliphatic carbocycles. The molecule has 0 atom stereocenters. The molecule has 3 amide bonds. The van der Waals surface area contributed by atoms with E-state index in [0.29, 0.717) is 0 Å². The number of thiocarbonyl (C=S) groups is 1. The van der Waals surface area contributed by atoms with E-state index in [-0.39, 0.29) is 64.8 Å². The molecule has 0 bridgehead atoms. The molecule has 1 aliphatic rings. The molecule has 1 fully saturated rings. The number of carbonyl (C=O) groups excluding carboxylic acids is 2. The average Bonchev–Trinajstić information content (AvgIpc) is 2.86. The summed E-state index contributed by atoms with van der Waals surface area (Å²) >= 11 is 5.57. The van der Waals surface area contributed by atoms with Crippen LogP contribution < -0.4 is 39.8 Å². The molecule has 0 radical (unpaired) electrons. The fraction of sp³-hybridized carbons (Fsp3) is 0.100. The van der Waals surface area contributed by atoms with Gasteiger partial charge in [0, 0.05) is 6.07 Å². The Hall–Kier alpha value is -1.53. The van der Waals surface area contributed by atoms with Crippen molar-refractivity contribution in [2.45, 2.75) is 6.42 Å². The van der Waals surface area contributed by atoms with Crippen LogP contribution in [0.15, 0.2) is 12.1 Å². The number of imide groups is 1. The van der Waals surface area contributed by atoms with Crippen LogP contribution in [0.25, 0.3) is 11.0 Å². The maximum atomic E-state index is 12.0. The number of nitro groups is 1. The van der Waals surface area contributed by atoms with Gasteiger partial charge in [0.25, 0.3) is 5.69 Å². The van der Waals surface area contributed by atoms with Crippen molar-refractivity contribution in [2.75, 3.05) is 4.90 Å². The first kappa shape index (κ1) is 16.8. The molecule has 0 spiro atoms. The Morgan fingerprint density at radius 2 is 2.05 bits per heavy atom. The fourth-order valence-corrected chi connectivity index (χ4v) is 2.74. The van der Waals surface area contributed by atoms with Crippen molar-refractivity contribution < 1.29 is 45.5 Å². The molecular weight excluding hydrogens is 341 g/mol. The topological polar surface area (TPSA) is 118 Å². The van der Waals surface area contributed by atoms with Crippen molar-refractivity contribution in [3.05, 3.63) is 22.2 Å². The number of rotatable bonds is 2. The van der Waals surface area contributed by atoms with Gasteiger partial charge in [-0.2, -0.15) is 8.75 Å². The van der Waals surface area contributed by atoms with E-state index in [1.54, 1.807) is 0 Å². The maximum absolute atomic E-state index is 12.0. The van der Waals surface area contributed by atoms with Crippen molar-refractivity contribution in [2.24, 2.45) is 0 Å². The predicted octanol–water partition coefficient (Wildman–Crippen LogP) is -1.51. The molecule has 1 aliphatic heterocycles. The molecule has 9 nitrogen and oxygen atoms in total. The van der Waals surface area contributed by atoms with Crippen LogP contribution in [0.1, 0.15) is 7.85 Å². The van der Waals surface area contributed by atoms with Gasteiger partial charge in [0.05, 0.1) is 33.7 Å². The van der Waals surface area contributed by atoms with E-state index in [9.17, 15) is 19.7 Å². The SMILES string of the molecule is O=C1CC(=S)NC(=O)N1c1ccc([N+](=O)[O-])c2nsnc12.[H-].[Na+]. The zero-order valence-corrected chi connectivity index (χ0v) is 14.7. The fourth-order valence-electron chi connectivity index (χ4n) is 1.96. The maximum Gasteiger partial charge on any atom is 1.00 e. The molecule has 1 aromatic heterocycles. The summed E-state index contributed by atoms with van der Waals surface area (Å²) in [4.78, 5) is 35.3. The Labute approximate surface area is 155 Å². The van der Waals surface area contributed by atoms with Gasteiger partial charge >= 0.3 is 35.6 Å². The number of nitrogens with one attached hydrogen (secondary N) is 1. The summed E-state index contributed by atoms with van der Waals surface area (Å²) in [6.45, 7) is 0. The van der Waals surface area contributed by atoms with Gasteiger partial charge in [0.15, 0.2) is 5.52 Å². The van der Waals surface area contributed by atoms with Gasteiger partial charge in [-0.05, 0) is 6.07 Å². The minimum Gasteiger partial charge on any atom is -1.00 e. The van der Waals surface area contributed by atoms with Crippen LogP contribution in [-0.2, 0) is 4.79 Å². The second-order valence-corrected chi connectivity index (χ2v) is 5.10. The first-order valence-corrected chi connectivity index (χ1v) is 6.69. The molecular formula is C10H6N5NaO4S2. The summed E-state index contributed by atoms with van der Waals surface area (Å²) in [6.07, 6.45) is -0.114. The smallest absolute Gasteiger partial charge is 1.00 e. The van der Waals surface area contributed by atoms with Gasteiger partial charge in [0.1, 0.15) is 5.52 Å². The Morgan fingerprint density at radius 1 is 1.36 bits per heavy atom. The van der Waals surface area contributed by atoms with Crippen LogP contribution in [0, 0.1) is 10.1 Å². The van der Waals surface area contributed by atoms with Gasteiger partial charge in [-0.1, -0.05) is 12.2 Å². The third-order valence-electron chi connectivity index (χ3n) is 2.82. The van der Waals surface area contributed by atoms with Gasteiger partial charge in [-0.3, -0.25) is 14.9 Å². The first-order valence-electron chi connectivity index (χ1n) is 5.55. The standard InChI is InChI=1S/C10H5N5O4S2.Na.H/c16-7-3-6(20)11-10(17)14(7)4-1-2-5(15(18)19)9-8(4)12-21-13-9;;/h1-2H,3H2,(H,11,17,20);;/q;+1;-1. The van der Waals surface area contributed by atoms with Gasteiger partial charge in [-0.25, -0.2) is 9.69 Å². The van der Waals surface area contributed by atoms with E-state index in [2.05, 4.69) is 14.1 Å². The van der Waals surface area contributed by atoms with Crippen LogP contribution in [0.2, 0.25) is 0 Å². The van der Waals surface area contributed by atoms with Gasteiger partial charge in [0.2, 0.25) is 5.91 Å². The van der Waals surface area contributed by atoms with Gasteiger partial charge in [-0.15, -0.1) is 0 Å². The van der Waals surface area contributed by atoms with E-state index in [1.165, 1.54) is 12.1 Å². The Morgan fingerprint density at radius 3 is 2.68 bits per heavy atom. The number of hydrogen-bond acceptors (Lipinski definition) is 8. The molecule has 1 saturated heterocycles. The minimum absolute atomic E-state index is 0. The number of fused-ring (bicyclic) bond motifs is 1. The number of hydrogen-bond donors (Lipinski definition) is 1. The minimum atomic E-state index is -0.709. The summed E-state index contributed by atoms with van der Waals surface area (Å²) < 4.78 is 7.80. The van der Waals surface area contributed by atoms with Crippen LogP contribution in [0.3, 0.4) is 0 Å². The average molecular weight is 347 g/mol. The second kappa shape index (κ2) is 6.30. The van der Waals surface area contributed by atoms with Crippen LogP contribution in [0.5, 0.6) is 0 Å². The molecule has 12 heteroatoms. The molecule has 2 aromatic rings. The third kappa shape index (κ3) is 2.73. The number of non-ortho nitro benzene ring substituents is 1. The largest absolute Gasteiger partial charge is 1.00 e. The van der Waals surface area contributed by atoms with Crippen molar-refractivity contribution in [1.82, 2.24) is 14.1 Å². The Balaban J connectivity index is 0.00000132. The summed E-state index contributed by atoms with van der Waals surface area (Å²) in [7, 11) is 0. The van der Waals surface area contributed by atoms with Gasteiger partial charge < -0.3 is 6.74 Å². The number of aromatic nitrogens is 2. The molecule has 3 rings (SSSR count). The van der Waals surface area contributed by atoms with E-state index in [1.807, 2.05) is 0 Å². The number of amides is 3. The van der Waals surface area contributed by atoms with Crippen molar-refractivity contribution >= 4 is 63.3 Å². The van der Waals surface area contributed by atoms with Crippen LogP contribution >= 0.6 is 23.9 Å². The summed E-state index contributed by atoms with van der Waals surface area (Å²) in [5, 5.41) is 13.3. The zero-order valence-electron chi connectivity index (χ0n) is 12.1. The number of nitro benzene ring substituents is 1. The number of nitrogens with zero attached hydrogens (tertiary/aromatic N) is 4. The third-order valence-corrected chi connectivity index (χ3v) is 3.60. The number of anilines is 1. The molecule has 1 N–H and O–H groups in total. The summed E-state index contributed by atoms with van der Waals surface area (Å²) in [5.41, 5.74) is 0.0824. The van der Waals surface area contributed by atoms with Crippen LogP contribution in [0.4, 0.5) is 16.2 Å². The van der Waals surface area contributed by atoms with Crippen molar-refractivity contribution in [1.29, 1.82) is 0 Å².